The van der Waals surface area contributed by atoms with E-state index in [1.54, 1.807) is 72.7 Å². The van der Waals surface area contributed by atoms with Crippen molar-refractivity contribution >= 4 is 41.1 Å². The third kappa shape index (κ3) is 6.34. The highest BCUT2D eigenvalue weighted by molar-refractivity contribution is 7.98. The number of aromatic carboxylic acids is 1. The maximum Gasteiger partial charge on any atom is 0.338 e. The fraction of sp³-hybridized carbons (Fsp3) is 0.212. The Morgan fingerprint density at radius 2 is 1.86 bits per heavy atom. The third-order valence-corrected chi connectivity index (χ3v) is 8.73. The number of esters is 1. The second-order valence-corrected chi connectivity index (χ2v) is 11.7. The number of allylic oxidation sites excluding steroid dienone is 1. The van der Waals surface area contributed by atoms with Gasteiger partial charge in [-0.2, -0.15) is 0 Å². The molecule has 0 bridgehead atoms. The number of carboxylic acids is 1. The lowest BCUT2D eigenvalue weighted by Gasteiger charge is -2.24. The molecule has 0 unspecified atom stereocenters. The minimum Gasteiger partial charge on any atom is -0.493 e. The molecule has 1 atom stereocenters. The van der Waals surface area contributed by atoms with Crippen molar-refractivity contribution in [3.05, 3.63) is 120 Å². The van der Waals surface area contributed by atoms with E-state index in [0.717, 1.165) is 10.5 Å². The van der Waals surface area contributed by atoms with Crippen molar-refractivity contribution < 1.29 is 28.9 Å². The molecule has 11 heteroatoms. The summed E-state index contributed by atoms with van der Waals surface area (Å²) in [5.41, 5.74) is 2.93. The molecule has 1 aliphatic heterocycles. The number of thioether (sulfide) groups is 1. The topological polar surface area (TPSA) is 116 Å². The minimum absolute atomic E-state index is 0.148. The normalized spacial score (nSPS) is 14.5. The summed E-state index contributed by atoms with van der Waals surface area (Å²) in [6, 6.07) is 18.9. The molecule has 5 rings (SSSR count). The molecule has 3 aromatic carbocycles. The molecule has 1 N–H and O–H groups in total. The fourth-order valence-corrected chi connectivity index (χ4v) is 6.35. The summed E-state index contributed by atoms with van der Waals surface area (Å²) in [6.45, 7) is 3.85. The standard InChI is InChI=1S/C33H30N2O7S2/c1-5-41-32(39)28-19(2)34-33-35(29(28)22-10-12-24(43-4)13-11-22)30(36)27(44-33)17-20-9-14-25(26(16-20)40-3)42-18-21-7-6-8-23(15-21)31(37)38/h6-17,29H,5,18H2,1-4H3,(H,37,38)/b27-17-/t29-/m1/s1. The average molecular weight is 631 g/mol. The summed E-state index contributed by atoms with van der Waals surface area (Å²) >= 11 is 2.85. The number of methoxy groups -OCH3 is 1. The van der Waals surface area contributed by atoms with Gasteiger partial charge in [-0.1, -0.05) is 41.7 Å². The summed E-state index contributed by atoms with van der Waals surface area (Å²) in [5.74, 6) is -0.591. The number of benzene rings is 3. The van der Waals surface area contributed by atoms with Gasteiger partial charge < -0.3 is 19.3 Å². The number of carbonyl (C=O) groups excluding carboxylic acids is 1. The van der Waals surface area contributed by atoms with E-state index in [4.69, 9.17) is 14.2 Å². The number of rotatable bonds is 10. The fourth-order valence-electron chi connectivity index (χ4n) is 4.89. The first kappa shape index (κ1) is 30.8. The van der Waals surface area contributed by atoms with E-state index in [0.29, 0.717) is 43.2 Å². The Bertz CT molecular complexity index is 1940. The van der Waals surface area contributed by atoms with Gasteiger partial charge in [-0.25, -0.2) is 14.6 Å². The Balaban J connectivity index is 1.51. The van der Waals surface area contributed by atoms with Crippen LogP contribution >= 0.6 is 23.1 Å². The van der Waals surface area contributed by atoms with Gasteiger partial charge in [0.2, 0.25) is 0 Å². The lowest BCUT2D eigenvalue weighted by Crippen LogP contribution is -2.39. The van der Waals surface area contributed by atoms with Crippen LogP contribution in [0.2, 0.25) is 0 Å². The van der Waals surface area contributed by atoms with Gasteiger partial charge in [-0.15, -0.1) is 11.8 Å². The Morgan fingerprint density at radius 3 is 2.55 bits per heavy atom. The molecule has 1 aliphatic rings. The van der Waals surface area contributed by atoms with Crippen molar-refractivity contribution in [1.29, 1.82) is 0 Å². The SMILES string of the molecule is CCOC(=O)C1=C(C)N=c2s/c(=C\c3ccc(OCc4cccc(C(=O)O)c4)c(OC)c3)c(=O)n2[C@@H]1c1ccc(SC)cc1. The van der Waals surface area contributed by atoms with Crippen molar-refractivity contribution in [1.82, 2.24) is 4.57 Å². The van der Waals surface area contributed by atoms with Crippen LogP contribution in [-0.4, -0.2) is 41.6 Å². The Morgan fingerprint density at radius 1 is 1.09 bits per heavy atom. The molecule has 0 saturated heterocycles. The molecule has 0 fully saturated rings. The van der Waals surface area contributed by atoms with Crippen molar-refractivity contribution in [2.45, 2.75) is 31.4 Å². The van der Waals surface area contributed by atoms with Gasteiger partial charge in [-0.05, 0) is 79.3 Å². The highest BCUT2D eigenvalue weighted by Crippen LogP contribution is 2.32. The first-order valence-corrected chi connectivity index (χ1v) is 15.7. The average Bonchev–Trinajstić information content (AvgIpc) is 3.33. The van der Waals surface area contributed by atoms with Gasteiger partial charge in [0.05, 0.1) is 41.1 Å². The van der Waals surface area contributed by atoms with E-state index < -0.39 is 18.0 Å². The maximum absolute atomic E-state index is 13.9. The molecular weight excluding hydrogens is 601 g/mol. The number of aromatic nitrogens is 1. The predicted octanol–water partition coefficient (Wildman–Crippen LogP) is 4.81. The molecule has 226 valence electrons. The molecule has 0 saturated carbocycles. The summed E-state index contributed by atoms with van der Waals surface area (Å²) in [6.07, 6.45) is 3.74. The molecule has 0 amide bonds. The Labute approximate surface area is 261 Å². The molecule has 9 nitrogen and oxygen atoms in total. The summed E-state index contributed by atoms with van der Waals surface area (Å²) < 4.78 is 18.9. The quantitative estimate of drug-likeness (QED) is 0.196. The number of ether oxygens (including phenoxy) is 3. The van der Waals surface area contributed by atoms with E-state index >= 15 is 0 Å². The van der Waals surface area contributed by atoms with Crippen molar-refractivity contribution in [3.8, 4) is 11.5 Å². The highest BCUT2D eigenvalue weighted by Gasteiger charge is 2.33. The maximum atomic E-state index is 13.9. The van der Waals surface area contributed by atoms with Gasteiger partial charge in [-0.3, -0.25) is 9.36 Å². The molecule has 44 heavy (non-hydrogen) atoms. The van der Waals surface area contributed by atoms with Gasteiger partial charge >= 0.3 is 11.9 Å². The van der Waals surface area contributed by atoms with Crippen LogP contribution in [0.15, 0.2) is 92.7 Å². The van der Waals surface area contributed by atoms with Crippen molar-refractivity contribution in [3.63, 3.8) is 0 Å². The zero-order chi connectivity index (χ0) is 31.4. The molecular formula is C33H30N2O7S2. The molecule has 0 radical (unpaired) electrons. The zero-order valence-electron chi connectivity index (χ0n) is 24.5. The van der Waals surface area contributed by atoms with E-state index in [-0.39, 0.29) is 24.3 Å². The molecule has 2 heterocycles. The van der Waals surface area contributed by atoms with E-state index in [2.05, 4.69) is 4.99 Å². The first-order chi connectivity index (χ1) is 21.2. The smallest absolute Gasteiger partial charge is 0.338 e. The van der Waals surface area contributed by atoms with Crippen LogP contribution in [0.4, 0.5) is 0 Å². The van der Waals surface area contributed by atoms with E-state index in [9.17, 15) is 19.5 Å². The van der Waals surface area contributed by atoms with Crippen LogP contribution < -0.4 is 24.4 Å². The van der Waals surface area contributed by atoms with Gasteiger partial charge in [0.1, 0.15) is 6.61 Å². The van der Waals surface area contributed by atoms with Crippen LogP contribution in [0.1, 0.15) is 46.9 Å². The van der Waals surface area contributed by atoms with E-state index in [1.807, 2.05) is 30.5 Å². The first-order valence-electron chi connectivity index (χ1n) is 13.7. The number of hydrogen-bond acceptors (Lipinski definition) is 9. The van der Waals surface area contributed by atoms with Crippen molar-refractivity contribution in [2.75, 3.05) is 20.0 Å². The number of carbonyl (C=O) groups is 2. The minimum atomic E-state index is -1.01. The number of fused-ring (bicyclic) bond motifs is 1. The second kappa shape index (κ2) is 13.4. The van der Waals surface area contributed by atoms with Crippen LogP contribution in [-0.2, 0) is 16.1 Å². The Hall–Kier alpha value is -4.61. The number of hydrogen-bond donors (Lipinski definition) is 1. The lowest BCUT2D eigenvalue weighted by molar-refractivity contribution is -0.139. The van der Waals surface area contributed by atoms with E-state index in [1.165, 1.54) is 24.5 Å². The van der Waals surface area contributed by atoms with Crippen molar-refractivity contribution in [2.24, 2.45) is 4.99 Å². The largest absolute Gasteiger partial charge is 0.493 e. The molecule has 0 spiro atoms. The molecule has 0 aliphatic carbocycles. The number of thiazole rings is 1. The highest BCUT2D eigenvalue weighted by atomic mass is 32.2. The van der Waals surface area contributed by atoms with Crippen LogP contribution in [0.5, 0.6) is 11.5 Å². The number of nitrogens with zero attached hydrogens (tertiary/aromatic N) is 2. The summed E-state index contributed by atoms with van der Waals surface area (Å²) in [5, 5.41) is 9.25. The zero-order valence-corrected chi connectivity index (χ0v) is 26.2. The predicted molar refractivity (Wildman–Crippen MR) is 169 cm³/mol. The molecule has 1 aromatic heterocycles. The lowest BCUT2D eigenvalue weighted by atomic mass is 9.96. The summed E-state index contributed by atoms with van der Waals surface area (Å²) in [4.78, 5) is 44.5. The Kier molecular flexibility index (Phi) is 9.36. The van der Waals surface area contributed by atoms with Gasteiger partial charge in [0.15, 0.2) is 16.3 Å². The molecule has 4 aromatic rings. The third-order valence-electron chi connectivity index (χ3n) is 7.00. The van der Waals surface area contributed by atoms with Crippen LogP contribution in [0.25, 0.3) is 6.08 Å². The number of carboxylic acid groups (broad SMARTS) is 1. The van der Waals surface area contributed by atoms with Gasteiger partial charge in [0.25, 0.3) is 5.56 Å². The van der Waals surface area contributed by atoms with Gasteiger partial charge in [0, 0.05) is 4.90 Å². The van der Waals surface area contributed by atoms with Crippen LogP contribution in [0.3, 0.4) is 0 Å². The summed E-state index contributed by atoms with van der Waals surface area (Å²) in [7, 11) is 1.52. The second-order valence-electron chi connectivity index (χ2n) is 9.78. The van der Waals surface area contributed by atoms with Crippen LogP contribution in [0, 0.1) is 0 Å². The monoisotopic (exact) mass is 630 g/mol.